The van der Waals surface area contributed by atoms with Crippen molar-refractivity contribution in [2.45, 2.75) is 144 Å². The van der Waals surface area contributed by atoms with Crippen LogP contribution in [0.25, 0.3) is 0 Å². The molecule has 6 rings (SSSR count). The molecule has 248 valence electrons. The molecule has 0 radical (unpaired) electrons. The zero-order valence-electron chi connectivity index (χ0n) is 28.9. The average Bonchev–Trinajstić information content (AvgIpc) is 3.37. The molecule has 0 aromatic heterocycles. The highest BCUT2D eigenvalue weighted by Gasteiger charge is 2.72. The summed E-state index contributed by atoms with van der Waals surface area (Å²) in [5, 5.41) is 20.1. The molecule has 6 aliphatic rings. The third-order valence-electron chi connectivity index (χ3n) is 16.4. The largest absolute Gasteiger partial charge is 0.481 e. The van der Waals surface area contributed by atoms with Crippen LogP contribution in [0.3, 0.4) is 0 Å². The van der Waals surface area contributed by atoms with Crippen LogP contribution in [0.15, 0.2) is 12.2 Å². The van der Waals surface area contributed by atoms with Crippen LogP contribution in [0.1, 0.15) is 138 Å². The molecular weight excluding hydrogens is 546 g/mol. The fourth-order valence-corrected chi connectivity index (χ4v) is 13.8. The maximum atomic E-state index is 14.8. The number of aliphatic hydroxyl groups is 1. The Labute approximate surface area is 268 Å². The number of hydrogen-bond acceptors (Lipinski definition) is 3. The van der Waals surface area contributed by atoms with Crippen molar-refractivity contribution in [3.05, 3.63) is 12.2 Å². The van der Waals surface area contributed by atoms with Gasteiger partial charge in [0, 0.05) is 19.5 Å². The number of allylic oxidation sites excluding steroid dienone is 1. The fraction of sp³-hybridized carbons (Fsp3) is 0.897. The second-order valence-electron chi connectivity index (χ2n) is 18.2. The number of piperidine rings is 1. The van der Waals surface area contributed by atoms with Crippen molar-refractivity contribution in [3.63, 3.8) is 0 Å². The normalized spacial score (nSPS) is 46.8. The molecule has 0 aromatic carbocycles. The van der Waals surface area contributed by atoms with Crippen molar-refractivity contribution < 1.29 is 19.8 Å². The first-order valence-electron chi connectivity index (χ1n) is 18.5. The van der Waals surface area contributed by atoms with Crippen molar-refractivity contribution in [1.29, 1.82) is 0 Å². The zero-order valence-corrected chi connectivity index (χ0v) is 28.9. The van der Waals surface area contributed by atoms with E-state index >= 15 is 0 Å². The number of likely N-dealkylation sites (tertiary alicyclic amines) is 1. The molecule has 1 saturated heterocycles. The maximum absolute atomic E-state index is 14.8. The minimum atomic E-state index is -0.702. The molecule has 2 N–H and O–H groups in total. The summed E-state index contributed by atoms with van der Waals surface area (Å²) in [4.78, 5) is 28.1. The molecule has 0 aromatic rings. The number of fused-ring (bicyclic) bond motifs is 7. The van der Waals surface area contributed by atoms with Gasteiger partial charge in [0.2, 0.25) is 5.91 Å². The van der Waals surface area contributed by atoms with Crippen LogP contribution in [-0.2, 0) is 9.59 Å². The van der Waals surface area contributed by atoms with Crippen molar-refractivity contribution in [1.82, 2.24) is 4.90 Å². The van der Waals surface area contributed by atoms with E-state index < -0.39 is 5.97 Å². The number of aliphatic hydroxyl groups excluding tert-OH is 1. The summed E-state index contributed by atoms with van der Waals surface area (Å²) in [6.45, 7) is 21.0. The molecule has 0 spiro atoms. The van der Waals surface area contributed by atoms with Gasteiger partial charge < -0.3 is 15.1 Å². The SMILES string of the molecule is C=C(C)[C@@H]1CC[C@]2(C(=O)N3CCC(CCCC(=O)O)CC3)CC[C@]3(C)[C@H](CC[C@@H]4[C@@]5(C)CC[C@H](O)C(C)(C)[C@@H]5CC[C@]43C)[C@@H]12. The smallest absolute Gasteiger partial charge is 0.303 e. The topological polar surface area (TPSA) is 77.8 Å². The summed E-state index contributed by atoms with van der Waals surface area (Å²) >= 11 is 0. The number of carbonyl (C=O) groups excluding carboxylic acids is 1. The van der Waals surface area contributed by atoms with E-state index in [1.807, 2.05) is 0 Å². The number of aliphatic carboxylic acids is 1. The Bertz CT molecular complexity index is 1150. The van der Waals surface area contributed by atoms with Crippen LogP contribution in [0.4, 0.5) is 0 Å². The van der Waals surface area contributed by atoms with Crippen molar-refractivity contribution in [3.8, 4) is 0 Å². The molecule has 0 unspecified atom stereocenters. The quantitative estimate of drug-likeness (QED) is 0.296. The Kier molecular flexibility index (Phi) is 8.23. The van der Waals surface area contributed by atoms with Gasteiger partial charge in [-0.15, -0.1) is 0 Å². The second-order valence-corrected chi connectivity index (χ2v) is 18.2. The summed E-state index contributed by atoms with van der Waals surface area (Å²) in [7, 11) is 0. The molecule has 6 fully saturated rings. The predicted octanol–water partition coefficient (Wildman–Crippen LogP) is 8.50. The summed E-state index contributed by atoms with van der Waals surface area (Å²) < 4.78 is 0. The number of nitrogens with zero attached hydrogens (tertiary/aromatic N) is 1. The average molecular weight is 610 g/mol. The highest BCUT2D eigenvalue weighted by atomic mass is 16.4. The van der Waals surface area contributed by atoms with Crippen LogP contribution in [0, 0.1) is 62.6 Å². The van der Waals surface area contributed by atoms with E-state index in [1.165, 1.54) is 31.3 Å². The zero-order chi connectivity index (χ0) is 31.9. The molecule has 1 heterocycles. The van der Waals surface area contributed by atoms with Crippen LogP contribution in [-0.4, -0.2) is 46.2 Å². The van der Waals surface area contributed by atoms with Gasteiger partial charge in [-0.05, 0) is 154 Å². The van der Waals surface area contributed by atoms with Gasteiger partial charge in [-0.3, -0.25) is 9.59 Å². The number of rotatable bonds is 6. The summed E-state index contributed by atoms with van der Waals surface area (Å²) in [5.41, 5.74) is 1.76. The van der Waals surface area contributed by atoms with Crippen molar-refractivity contribution in [2.24, 2.45) is 62.6 Å². The molecule has 1 aliphatic heterocycles. The van der Waals surface area contributed by atoms with Gasteiger partial charge in [0.25, 0.3) is 0 Å². The van der Waals surface area contributed by atoms with Crippen LogP contribution in [0.2, 0.25) is 0 Å². The lowest BCUT2D eigenvalue weighted by molar-refractivity contribution is -0.247. The number of carboxylic acid groups (broad SMARTS) is 1. The Hall–Kier alpha value is -1.36. The lowest BCUT2D eigenvalue weighted by atomic mass is 9.32. The van der Waals surface area contributed by atoms with Crippen LogP contribution in [0.5, 0.6) is 0 Å². The summed E-state index contributed by atoms with van der Waals surface area (Å²) in [6.07, 6.45) is 15.2. The highest BCUT2D eigenvalue weighted by molar-refractivity contribution is 5.84. The molecule has 5 heteroatoms. The van der Waals surface area contributed by atoms with E-state index in [0.29, 0.717) is 41.4 Å². The van der Waals surface area contributed by atoms with E-state index in [0.717, 1.165) is 77.3 Å². The first-order valence-corrected chi connectivity index (χ1v) is 18.5. The van der Waals surface area contributed by atoms with Gasteiger partial charge in [0.1, 0.15) is 0 Å². The van der Waals surface area contributed by atoms with Gasteiger partial charge in [-0.1, -0.05) is 46.8 Å². The minimum absolute atomic E-state index is 0.0274. The Balaban J connectivity index is 1.26. The van der Waals surface area contributed by atoms with E-state index in [2.05, 4.69) is 53.0 Å². The van der Waals surface area contributed by atoms with Gasteiger partial charge >= 0.3 is 5.97 Å². The second kappa shape index (κ2) is 11.1. The van der Waals surface area contributed by atoms with E-state index in [9.17, 15) is 14.7 Å². The number of carbonyl (C=O) groups is 2. The van der Waals surface area contributed by atoms with Crippen LogP contribution >= 0.6 is 0 Å². The molecule has 1 amide bonds. The van der Waals surface area contributed by atoms with Gasteiger partial charge in [0.05, 0.1) is 11.5 Å². The molecule has 0 bridgehead atoms. The van der Waals surface area contributed by atoms with Gasteiger partial charge in [-0.25, -0.2) is 0 Å². The predicted molar refractivity (Wildman–Crippen MR) is 176 cm³/mol. The monoisotopic (exact) mass is 609 g/mol. The molecular formula is C39H63NO4. The van der Waals surface area contributed by atoms with Crippen molar-refractivity contribution >= 4 is 11.9 Å². The van der Waals surface area contributed by atoms with Gasteiger partial charge in [-0.2, -0.15) is 0 Å². The number of hydrogen-bond donors (Lipinski definition) is 2. The van der Waals surface area contributed by atoms with Crippen molar-refractivity contribution in [2.75, 3.05) is 13.1 Å². The lowest BCUT2D eigenvalue weighted by Gasteiger charge is -2.73. The maximum Gasteiger partial charge on any atom is 0.303 e. The Morgan fingerprint density at radius 2 is 1.52 bits per heavy atom. The molecule has 44 heavy (non-hydrogen) atoms. The number of amides is 1. The molecule has 5 nitrogen and oxygen atoms in total. The summed E-state index contributed by atoms with van der Waals surface area (Å²) in [6, 6.07) is 0. The van der Waals surface area contributed by atoms with E-state index in [4.69, 9.17) is 5.11 Å². The summed E-state index contributed by atoms with van der Waals surface area (Å²) in [5.74, 6) is 2.93. The first kappa shape index (κ1) is 32.6. The third-order valence-corrected chi connectivity index (χ3v) is 16.4. The van der Waals surface area contributed by atoms with Gasteiger partial charge in [0.15, 0.2) is 0 Å². The fourth-order valence-electron chi connectivity index (χ4n) is 13.8. The molecule has 5 saturated carbocycles. The Morgan fingerprint density at radius 3 is 2.18 bits per heavy atom. The minimum Gasteiger partial charge on any atom is -0.481 e. The Morgan fingerprint density at radius 1 is 0.818 bits per heavy atom. The lowest BCUT2D eigenvalue weighted by Crippen LogP contribution is -2.67. The third kappa shape index (κ3) is 4.61. The highest BCUT2D eigenvalue weighted by Crippen LogP contribution is 2.77. The number of carboxylic acids is 1. The van der Waals surface area contributed by atoms with E-state index in [1.54, 1.807) is 0 Å². The van der Waals surface area contributed by atoms with Crippen LogP contribution < -0.4 is 0 Å². The first-order chi connectivity index (χ1) is 20.6. The molecule has 10 atom stereocenters. The van der Waals surface area contributed by atoms with E-state index in [-0.39, 0.29) is 39.6 Å². The molecule has 5 aliphatic carbocycles. The standard InChI is InChI=1S/C39H63NO4/c1-25(2)27-13-20-39(34(44)40-23-16-26(17-24-40)9-8-10-32(42)43)22-21-37(6)28(33(27)39)11-12-30-36(5)18-15-31(41)35(3,4)29(36)14-19-38(30,37)7/h26-31,33,41H,1,8-24H2,2-7H3,(H,42,43)/t27-,28+,29-,30+,31-,33+,36-,37+,38+,39-/m0/s1.